The van der Waals surface area contributed by atoms with Crippen LogP contribution in [-0.2, 0) is 21.1 Å². The first kappa shape index (κ1) is 14.6. The molecule has 7 heteroatoms. The Bertz CT molecular complexity index is 581. The average molecular weight is 278 g/mol. The quantitative estimate of drug-likeness (QED) is 0.908. The molecule has 0 aromatic heterocycles. The number of aliphatic carboxylic acids is 1. The largest absolute Gasteiger partial charge is 0.481 e. The molecule has 1 aromatic carbocycles. The molecule has 100 valence electrons. The lowest BCUT2D eigenvalue weighted by Crippen LogP contribution is -2.14. The molecular formula is C11H12F2O4S. The van der Waals surface area contributed by atoms with E-state index in [-0.39, 0.29) is 12.0 Å². The van der Waals surface area contributed by atoms with Crippen molar-refractivity contribution in [2.75, 3.05) is 6.26 Å². The highest BCUT2D eigenvalue weighted by Gasteiger charge is 2.20. The van der Waals surface area contributed by atoms with E-state index in [0.717, 1.165) is 12.3 Å². The van der Waals surface area contributed by atoms with Gasteiger partial charge >= 0.3 is 5.97 Å². The van der Waals surface area contributed by atoms with E-state index in [1.807, 2.05) is 0 Å². The zero-order valence-electron chi connectivity index (χ0n) is 9.78. The summed E-state index contributed by atoms with van der Waals surface area (Å²) in [5.41, 5.74) is -0.158. The highest BCUT2D eigenvalue weighted by molar-refractivity contribution is 7.90. The molecule has 1 unspecified atom stereocenters. The molecule has 1 rings (SSSR count). The smallest absolute Gasteiger partial charge is 0.306 e. The Kier molecular flexibility index (Phi) is 4.05. The van der Waals surface area contributed by atoms with Crippen LogP contribution in [0.5, 0.6) is 0 Å². The van der Waals surface area contributed by atoms with Crippen molar-refractivity contribution < 1.29 is 27.1 Å². The van der Waals surface area contributed by atoms with E-state index in [1.54, 1.807) is 0 Å². The van der Waals surface area contributed by atoms with Gasteiger partial charge in [-0.05, 0) is 24.1 Å². The number of hydrogen-bond acceptors (Lipinski definition) is 3. The molecule has 0 fully saturated rings. The third-order valence-electron chi connectivity index (χ3n) is 2.45. The predicted octanol–water partition coefficient (Wildman–Crippen LogP) is 1.63. The van der Waals surface area contributed by atoms with Crippen LogP contribution in [0.2, 0.25) is 0 Å². The normalized spacial score (nSPS) is 13.3. The zero-order valence-corrected chi connectivity index (χ0v) is 10.6. The number of carboxylic acid groups (broad SMARTS) is 1. The Balaban J connectivity index is 3.20. The van der Waals surface area contributed by atoms with Gasteiger partial charge in [0.25, 0.3) is 0 Å². The van der Waals surface area contributed by atoms with Gasteiger partial charge in [-0.3, -0.25) is 4.79 Å². The third kappa shape index (κ3) is 3.25. The molecule has 0 saturated heterocycles. The van der Waals surface area contributed by atoms with Crippen molar-refractivity contribution >= 4 is 15.8 Å². The van der Waals surface area contributed by atoms with Crippen LogP contribution in [0.1, 0.15) is 12.5 Å². The SMILES string of the molecule is CC(Cc1cc(F)c(S(C)(=O)=O)cc1F)C(=O)O. The van der Waals surface area contributed by atoms with Gasteiger partial charge in [0.05, 0.1) is 5.92 Å². The van der Waals surface area contributed by atoms with Crippen LogP contribution in [0.25, 0.3) is 0 Å². The number of benzene rings is 1. The summed E-state index contributed by atoms with van der Waals surface area (Å²) < 4.78 is 49.3. The van der Waals surface area contributed by atoms with Gasteiger partial charge in [0.1, 0.15) is 16.5 Å². The summed E-state index contributed by atoms with van der Waals surface area (Å²) in [5, 5.41) is 8.68. The molecule has 1 atom stereocenters. The van der Waals surface area contributed by atoms with Crippen LogP contribution in [0.15, 0.2) is 17.0 Å². The van der Waals surface area contributed by atoms with Crippen molar-refractivity contribution in [1.29, 1.82) is 0 Å². The summed E-state index contributed by atoms with van der Waals surface area (Å²) in [5.74, 6) is -4.03. The molecule has 4 nitrogen and oxygen atoms in total. The molecule has 0 aliphatic carbocycles. The van der Waals surface area contributed by atoms with E-state index >= 15 is 0 Å². The Labute approximate surface area is 103 Å². The minimum Gasteiger partial charge on any atom is -0.481 e. The van der Waals surface area contributed by atoms with Crippen LogP contribution in [-0.4, -0.2) is 25.7 Å². The highest BCUT2D eigenvalue weighted by Crippen LogP contribution is 2.21. The number of sulfone groups is 1. The lowest BCUT2D eigenvalue weighted by molar-refractivity contribution is -0.141. The zero-order chi connectivity index (χ0) is 14.1. The molecule has 0 aliphatic heterocycles. The first-order valence-corrected chi connectivity index (χ1v) is 6.93. The Morgan fingerprint density at radius 2 is 1.89 bits per heavy atom. The van der Waals surface area contributed by atoms with E-state index in [4.69, 9.17) is 5.11 Å². The first-order chi connectivity index (χ1) is 8.12. The van der Waals surface area contributed by atoms with Crippen molar-refractivity contribution in [3.8, 4) is 0 Å². The van der Waals surface area contributed by atoms with Crippen LogP contribution in [0.4, 0.5) is 8.78 Å². The van der Waals surface area contributed by atoms with E-state index in [2.05, 4.69) is 0 Å². The van der Waals surface area contributed by atoms with Gasteiger partial charge in [-0.25, -0.2) is 17.2 Å². The van der Waals surface area contributed by atoms with Gasteiger partial charge in [-0.1, -0.05) is 6.92 Å². The lowest BCUT2D eigenvalue weighted by atomic mass is 10.0. The molecule has 0 spiro atoms. The number of carbonyl (C=O) groups is 1. The van der Waals surface area contributed by atoms with Crippen molar-refractivity contribution in [1.82, 2.24) is 0 Å². The minimum absolute atomic E-state index is 0.158. The number of carboxylic acids is 1. The van der Waals surface area contributed by atoms with E-state index in [0.29, 0.717) is 6.07 Å². The molecule has 0 aliphatic rings. The fraction of sp³-hybridized carbons (Fsp3) is 0.364. The Morgan fingerprint density at radius 1 is 1.33 bits per heavy atom. The second kappa shape index (κ2) is 5.01. The van der Waals surface area contributed by atoms with Crippen molar-refractivity contribution in [3.63, 3.8) is 0 Å². The van der Waals surface area contributed by atoms with Gasteiger partial charge < -0.3 is 5.11 Å². The summed E-state index contributed by atoms with van der Waals surface area (Å²) in [6.45, 7) is 1.35. The Hall–Kier alpha value is -1.50. The second-order valence-corrected chi connectivity index (χ2v) is 6.07. The molecule has 0 saturated carbocycles. The maximum atomic E-state index is 13.6. The summed E-state index contributed by atoms with van der Waals surface area (Å²) in [4.78, 5) is 9.88. The number of halogens is 2. The third-order valence-corrected chi connectivity index (χ3v) is 3.56. The average Bonchev–Trinajstić information content (AvgIpc) is 2.20. The lowest BCUT2D eigenvalue weighted by Gasteiger charge is -2.09. The summed E-state index contributed by atoms with van der Waals surface area (Å²) >= 11 is 0. The molecule has 0 amide bonds. The molecular weight excluding hydrogens is 266 g/mol. The molecule has 1 N–H and O–H groups in total. The summed E-state index contributed by atoms with van der Waals surface area (Å²) in [6.07, 6.45) is 0.562. The molecule has 0 heterocycles. The monoisotopic (exact) mass is 278 g/mol. The van der Waals surface area contributed by atoms with E-state index < -0.39 is 38.3 Å². The van der Waals surface area contributed by atoms with Crippen LogP contribution >= 0.6 is 0 Å². The topological polar surface area (TPSA) is 71.4 Å². The van der Waals surface area contributed by atoms with Crippen molar-refractivity contribution in [3.05, 3.63) is 29.3 Å². The molecule has 0 bridgehead atoms. The van der Waals surface area contributed by atoms with Gasteiger partial charge in [-0.15, -0.1) is 0 Å². The fourth-order valence-electron chi connectivity index (χ4n) is 1.43. The van der Waals surface area contributed by atoms with Crippen LogP contribution in [0, 0.1) is 17.6 Å². The highest BCUT2D eigenvalue weighted by atomic mass is 32.2. The second-order valence-electron chi connectivity index (χ2n) is 4.09. The van der Waals surface area contributed by atoms with E-state index in [1.165, 1.54) is 6.92 Å². The molecule has 0 radical (unpaired) electrons. The number of hydrogen-bond donors (Lipinski definition) is 1. The van der Waals surface area contributed by atoms with Gasteiger partial charge in [0.2, 0.25) is 0 Å². The first-order valence-electron chi connectivity index (χ1n) is 5.03. The van der Waals surface area contributed by atoms with Gasteiger partial charge in [0, 0.05) is 6.26 Å². The maximum Gasteiger partial charge on any atom is 0.306 e. The molecule has 1 aromatic rings. The van der Waals surface area contributed by atoms with Gasteiger partial charge in [-0.2, -0.15) is 0 Å². The minimum atomic E-state index is -3.85. The standard InChI is InChI=1S/C11H12F2O4S/c1-6(11(14)15)3-7-4-9(13)10(5-8(7)12)18(2,16)17/h4-6H,3H2,1-2H3,(H,14,15). The summed E-state index contributed by atoms with van der Waals surface area (Å²) in [6, 6.07) is 1.31. The summed E-state index contributed by atoms with van der Waals surface area (Å²) in [7, 11) is -3.85. The van der Waals surface area contributed by atoms with Crippen LogP contribution in [0.3, 0.4) is 0 Å². The fourth-order valence-corrected chi connectivity index (χ4v) is 2.16. The number of rotatable bonds is 4. The van der Waals surface area contributed by atoms with Crippen molar-refractivity contribution in [2.45, 2.75) is 18.2 Å². The van der Waals surface area contributed by atoms with Gasteiger partial charge in [0.15, 0.2) is 9.84 Å². The Morgan fingerprint density at radius 3 is 2.33 bits per heavy atom. The predicted molar refractivity (Wildman–Crippen MR) is 60.0 cm³/mol. The maximum absolute atomic E-state index is 13.6. The van der Waals surface area contributed by atoms with Crippen molar-refractivity contribution in [2.24, 2.45) is 5.92 Å². The molecule has 18 heavy (non-hydrogen) atoms. The van der Waals surface area contributed by atoms with Crippen LogP contribution < -0.4 is 0 Å². The van der Waals surface area contributed by atoms with E-state index in [9.17, 15) is 22.0 Å².